The van der Waals surface area contributed by atoms with Crippen LogP contribution in [-0.4, -0.2) is 65.1 Å². The molecule has 3 N–H and O–H groups in total. The van der Waals surface area contributed by atoms with Gasteiger partial charge in [0.15, 0.2) is 5.75 Å². The first-order chi connectivity index (χ1) is 6.33. The number of carboxylic acid groups (broad SMARTS) is 1. The Hall–Kier alpha value is -0.700. The molecule has 1 fully saturated rings. The fourth-order valence-corrected chi connectivity index (χ4v) is 2.46. The van der Waals surface area contributed by atoms with Gasteiger partial charge in [-0.25, -0.2) is 8.42 Å². The molecular formula is C6H11NO6S. The van der Waals surface area contributed by atoms with Crippen LogP contribution in [0, 0.1) is 0 Å². The van der Waals surface area contributed by atoms with Crippen LogP contribution in [0.3, 0.4) is 0 Å². The molecule has 1 saturated heterocycles. The van der Waals surface area contributed by atoms with E-state index in [1.807, 2.05) is 0 Å². The van der Waals surface area contributed by atoms with Gasteiger partial charge in [-0.15, -0.1) is 0 Å². The number of carboxylic acids is 1. The van der Waals surface area contributed by atoms with Crippen molar-refractivity contribution in [3.05, 3.63) is 0 Å². The molecule has 1 aliphatic rings. The highest BCUT2D eigenvalue weighted by atomic mass is 32.2. The van der Waals surface area contributed by atoms with Crippen molar-refractivity contribution < 1.29 is 28.5 Å². The normalized spacial score (nSPS) is 29.3. The number of carbonyl (C=O) groups is 1. The number of hydrogen-bond donors (Lipinski definition) is 3. The van der Waals surface area contributed by atoms with E-state index < -0.39 is 34.0 Å². The van der Waals surface area contributed by atoms with Crippen molar-refractivity contribution in [1.82, 2.24) is 4.31 Å². The predicted molar refractivity (Wildman–Crippen MR) is 45.0 cm³/mol. The maximum atomic E-state index is 11.3. The van der Waals surface area contributed by atoms with Crippen molar-refractivity contribution in [2.45, 2.75) is 12.2 Å². The minimum absolute atomic E-state index is 0.253. The molecule has 0 aromatic heterocycles. The van der Waals surface area contributed by atoms with Crippen molar-refractivity contribution in [2.75, 3.05) is 18.8 Å². The minimum Gasteiger partial charge on any atom is -0.480 e. The van der Waals surface area contributed by atoms with Gasteiger partial charge < -0.3 is 15.3 Å². The second-order valence-electron chi connectivity index (χ2n) is 3.10. The summed E-state index contributed by atoms with van der Waals surface area (Å²) in [6.45, 7) is -0.506. The molecule has 2 atom stereocenters. The van der Waals surface area contributed by atoms with E-state index in [0.29, 0.717) is 0 Å². The van der Waals surface area contributed by atoms with E-state index in [4.69, 9.17) is 15.3 Å². The molecule has 0 aromatic carbocycles. The SMILES string of the molecule is O=C(O)CS(=O)(=O)N1CC(O)C(O)C1. The van der Waals surface area contributed by atoms with Crippen molar-refractivity contribution in [3.8, 4) is 0 Å². The lowest BCUT2D eigenvalue weighted by Gasteiger charge is -2.13. The molecule has 8 heteroatoms. The summed E-state index contributed by atoms with van der Waals surface area (Å²) in [5.74, 6) is -2.48. The summed E-state index contributed by atoms with van der Waals surface area (Å²) in [6, 6.07) is 0. The molecule has 0 radical (unpaired) electrons. The zero-order chi connectivity index (χ0) is 10.9. The van der Waals surface area contributed by atoms with E-state index in [9.17, 15) is 13.2 Å². The number of sulfonamides is 1. The molecule has 0 saturated carbocycles. The Balaban J connectivity index is 2.71. The zero-order valence-electron chi connectivity index (χ0n) is 7.20. The summed E-state index contributed by atoms with van der Waals surface area (Å²) in [5, 5.41) is 26.4. The lowest BCUT2D eigenvalue weighted by molar-refractivity contribution is -0.134. The maximum Gasteiger partial charge on any atom is 0.320 e. The predicted octanol–water partition coefficient (Wildman–Crippen LogP) is -2.56. The third kappa shape index (κ3) is 2.41. The monoisotopic (exact) mass is 225 g/mol. The Morgan fingerprint density at radius 2 is 1.71 bits per heavy atom. The average Bonchev–Trinajstić information content (AvgIpc) is 2.30. The standard InChI is InChI=1S/C6H11NO6S/c8-4-1-7(2-5(4)9)14(12,13)3-6(10)11/h4-5,8-9H,1-3H2,(H,10,11). The minimum atomic E-state index is -3.91. The Bertz CT molecular complexity index is 315. The molecule has 14 heavy (non-hydrogen) atoms. The van der Waals surface area contributed by atoms with Crippen molar-refractivity contribution in [2.24, 2.45) is 0 Å². The van der Waals surface area contributed by atoms with Crippen molar-refractivity contribution in [1.29, 1.82) is 0 Å². The molecule has 7 nitrogen and oxygen atoms in total. The lowest BCUT2D eigenvalue weighted by atomic mass is 10.3. The number of aliphatic hydroxyl groups excluding tert-OH is 2. The van der Waals surface area contributed by atoms with Crippen LogP contribution in [0.5, 0.6) is 0 Å². The summed E-state index contributed by atoms with van der Waals surface area (Å²) in [6.07, 6.45) is -2.28. The van der Waals surface area contributed by atoms with E-state index in [0.717, 1.165) is 4.31 Å². The second kappa shape index (κ2) is 3.81. The number of β-amino-alcohol motifs (C(OH)–C–C–N with tert-alkyl or cyclic N) is 2. The van der Waals surface area contributed by atoms with Crippen LogP contribution in [0.25, 0.3) is 0 Å². The van der Waals surface area contributed by atoms with Crippen LogP contribution < -0.4 is 0 Å². The molecule has 1 aliphatic heterocycles. The first-order valence-electron chi connectivity index (χ1n) is 3.88. The molecule has 0 spiro atoms. The second-order valence-corrected chi connectivity index (χ2v) is 5.07. The molecule has 82 valence electrons. The fraction of sp³-hybridized carbons (Fsp3) is 0.833. The van der Waals surface area contributed by atoms with Crippen LogP contribution >= 0.6 is 0 Å². The van der Waals surface area contributed by atoms with E-state index >= 15 is 0 Å². The van der Waals surface area contributed by atoms with Crippen LogP contribution in [0.15, 0.2) is 0 Å². The van der Waals surface area contributed by atoms with Gasteiger partial charge in [-0.1, -0.05) is 0 Å². The maximum absolute atomic E-state index is 11.3. The van der Waals surface area contributed by atoms with Gasteiger partial charge in [0.25, 0.3) is 0 Å². The highest BCUT2D eigenvalue weighted by Crippen LogP contribution is 2.14. The van der Waals surface area contributed by atoms with Crippen LogP contribution in [-0.2, 0) is 14.8 Å². The van der Waals surface area contributed by atoms with Crippen LogP contribution in [0.4, 0.5) is 0 Å². The summed E-state index contributed by atoms with van der Waals surface area (Å²) < 4.78 is 23.3. The Kier molecular flexibility index (Phi) is 3.10. The van der Waals surface area contributed by atoms with Crippen molar-refractivity contribution >= 4 is 16.0 Å². The average molecular weight is 225 g/mol. The number of rotatable bonds is 3. The van der Waals surface area contributed by atoms with Gasteiger partial charge in [0.05, 0.1) is 12.2 Å². The van der Waals surface area contributed by atoms with Gasteiger partial charge in [0.2, 0.25) is 10.0 Å². The van der Waals surface area contributed by atoms with E-state index in [1.54, 1.807) is 0 Å². The number of hydrogen-bond acceptors (Lipinski definition) is 5. The smallest absolute Gasteiger partial charge is 0.320 e. The van der Waals surface area contributed by atoms with Gasteiger partial charge in [-0.05, 0) is 0 Å². The van der Waals surface area contributed by atoms with Crippen LogP contribution in [0.2, 0.25) is 0 Å². The summed E-state index contributed by atoms with van der Waals surface area (Å²) >= 11 is 0. The van der Waals surface area contributed by atoms with E-state index in [2.05, 4.69) is 0 Å². The number of nitrogens with zero attached hydrogens (tertiary/aromatic N) is 1. The van der Waals surface area contributed by atoms with E-state index in [-0.39, 0.29) is 13.1 Å². The molecular weight excluding hydrogens is 214 g/mol. The van der Waals surface area contributed by atoms with Gasteiger partial charge in [0.1, 0.15) is 0 Å². The Morgan fingerprint density at radius 3 is 2.07 bits per heavy atom. The largest absolute Gasteiger partial charge is 0.480 e. The number of aliphatic hydroxyl groups is 2. The third-order valence-electron chi connectivity index (χ3n) is 1.92. The lowest BCUT2D eigenvalue weighted by Crippen LogP contribution is -2.34. The molecule has 0 bridgehead atoms. The molecule has 1 heterocycles. The molecule has 1 rings (SSSR count). The highest BCUT2D eigenvalue weighted by molar-refractivity contribution is 7.89. The topological polar surface area (TPSA) is 115 Å². The third-order valence-corrected chi connectivity index (χ3v) is 3.62. The first-order valence-corrected chi connectivity index (χ1v) is 5.49. The van der Waals surface area contributed by atoms with Crippen LogP contribution in [0.1, 0.15) is 0 Å². The highest BCUT2D eigenvalue weighted by Gasteiger charge is 2.37. The Labute approximate surface area is 80.6 Å². The fourth-order valence-electron chi connectivity index (χ4n) is 1.21. The molecule has 2 unspecified atom stereocenters. The molecule has 0 aliphatic carbocycles. The quantitative estimate of drug-likeness (QED) is 0.486. The summed E-state index contributed by atoms with van der Waals surface area (Å²) in [7, 11) is -3.91. The van der Waals surface area contributed by atoms with Gasteiger partial charge >= 0.3 is 5.97 Å². The van der Waals surface area contributed by atoms with Gasteiger partial charge in [-0.3, -0.25) is 4.79 Å². The molecule has 0 aromatic rings. The first kappa shape index (κ1) is 11.4. The van der Waals surface area contributed by atoms with Gasteiger partial charge in [0, 0.05) is 13.1 Å². The molecule has 0 amide bonds. The van der Waals surface area contributed by atoms with Gasteiger partial charge in [-0.2, -0.15) is 4.31 Å². The van der Waals surface area contributed by atoms with Crippen molar-refractivity contribution in [3.63, 3.8) is 0 Å². The summed E-state index contributed by atoms with van der Waals surface area (Å²) in [5.41, 5.74) is 0. The summed E-state index contributed by atoms with van der Waals surface area (Å²) in [4.78, 5) is 10.2. The van der Waals surface area contributed by atoms with E-state index in [1.165, 1.54) is 0 Å². The number of aliphatic carboxylic acids is 1. The Morgan fingerprint density at radius 1 is 1.29 bits per heavy atom. The zero-order valence-corrected chi connectivity index (χ0v) is 8.01.